The zero-order valence-electron chi connectivity index (χ0n) is 16.6. The second-order valence-corrected chi connectivity index (χ2v) is 7.14. The van der Waals surface area contributed by atoms with Crippen molar-refractivity contribution in [1.29, 1.82) is 0 Å². The van der Waals surface area contributed by atoms with Crippen LogP contribution >= 0.6 is 0 Å². The summed E-state index contributed by atoms with van der Waals surface area (Å²) >= 11 is 0. The van der Waals surface area contributed by atoms with Crippen molar-refractivity contribution in [2.75, 3.05) is 49.5 Å². The van der Waals surface area contributed by atoms with E-state index in [9.17, 15) is 9.59 Å². The van der Waals surface area contributed by atoms with Crippen molar-refractivity contribution in [3.05, 3.63) is 59.7 Å². The Balaban J connectivity index is 1.39. The van der Waals surface area contributed by atoms with Gasteiger partial charge >= 0.3 is 11.8 Å². The minimum Gasteiger partial charge on any atom is -0.369 e. The molecule has 0 atom stereocenters. The van der Waals surface area contributed by atoms with Gasteiger partial charge in [-0.1, -0.05) is 36.4 Å². The number of nitrogens with one attached hydrogen (secondary N) is 2. The zero-order chi connectivity index (χ0) is 19.9. The molecule has 1 fully saturated rings. The minimum absolute atomic E-state index is 0.463. The second-order valence-electron chi connectivity index (χ2n) is 7.14. The Morgan fingerprint density at radius 2 is 1.50 bits per heavy atom. The molecule has 0 spiro atoms. The van der Waals surface area contributed by atoms with Gasteiger partial charge in [0.25, 0.3) is 0 Å². The zero-order valence-corrected chi connectivity index (χ0v) is 16.6. The van der Waals surface area contributed by atoms with Crippen LogP contribution in [0.3, 0.4) is 0 Å². The third-order valence-electron chi connectivity index (χ3n) is 5.13. The highest BCUT2D eigenvalue weighted by molar-refractivity contribution is 6.39. The smallest absolute Gasteiger partial charge is 0.313 e. The van der Waals surface area contributed by atoms with Crippen LogP contribution in [0.1, 0.15) is 11.1 Å². The number of nitrogens with zero attached hydrogens (tertiary/aromatic N) is 2. The summed E-state index contributed by atoms with van der Waals surface area (Å²) in [5, 5.41) is 5.44. The number of hydrogen-bond donors (Lipinski definition) is 2. The molecule has 1 heterocycles. The van der Waals surface area contributed by atoms with Gasteiger partial charge in [-0.15, -0.1) is 0 Å². The van der Waals surface area contributed by atoms with E-state index < -0.39 is 11.8 Å². The average Bonchev–Trinajstić information content (AvgIpc) is 2.72. The third-order valence-corrected chi connectivity index (χ3v) is 5.13. The van der Waals surface area contributed by atoms with E-state index in [1.54, 1.807) is 0 Å². The summed E-state index contributed by atoms with van der Waals surface area (Å²) in [5.74, 6) is -1.21. The first-order chi connectivity index (χ1) is 13.5. The summed E-state index contributed by atoms with van der Waals surface area (Å²) in [6.45, 7) is 8.84. The quantitative estimate of drug-likeness (QED) is 0.781. The van der Waals surface area contributed by atoms with Gasteiger partial charge < -0.3 is 15.5 Å². The van der Waals surface area contributed by atoms with Gasteiger partial charge in [-0.05, 0) is 37.1 Å². The van der Waals surface area contributed by atoms with Crippen LogP contribution in [-0.4, -0.2) is 56.0 Å². The number of piperazine rings is 1. The maximum atomic E-state index is 12.2. The van der Waals surface area contributed by atoms with E-state index in [0.29, 0.717) is 12.2 Å². The van der Waals surface area contributed by atoms with E-state index in [2.05, 4.69) is 44.7 Å². The first-order valence-electron chi connectivity index (χ1n) is 9.72. The number of benzene rings is 2. The molecule has 0 unspecified atom stereocenters. The van der Waals surface area contributed by atoms with Crippen molar-refractivity contribution < 1.29 is 9.59 Å². The van der Waals surface area contributed by atoms with E-state index in [-0.39, 0.29) is 0 Å². The highest BCUT2D eigenvalue weighted by Gasteiger charge is 2.18. The third kappa shape index (κ3) is 5.10. The molecule has 1 aliphatic rings. The molecule has 3 rings (SSSR count). The van der Waals surface area contributed by atoms with E-state index in [0.717, 1.165) is 43.9 Å². The first-order valence-corrected chi connectivity index (χ1v) is 9.72. The Bertz CT molecular complexity index is 794. The van der Waals surface area contributed by atoms with Crippen LogP contribution in [0.25, 0.3) is 0 Å². The van der Waals surface area contributed by atoms with Gasteiger partial charge in [0.1, 0.15) is 0 Å². The highest BCUT2D eigenvalue weighted by atomic mass is 16.2. The largest absolute Gasteiger partial charge is 0.369 e. The molecule has 1 aliphatic heterocycles. The van der Waals surface area contributed by atoms with Crippen LogP contribution in [0.15, 0.2) is 48.5 Å². The van der Waals surface area contributed by atoms with E-state index in [1.807, 2.05) is 38.1 Å². The van der Waals surface area contributed by atoms with Crippen LogP contribution in [0, 0.1) is 13.8 Å². The Labute approximate surface area is 166 Å². The Morgan fingerprint density at radius 3 is 2.14 bits per heavy atom. The standard InChI is InChI=1S/C22H28N4O2/c1-17-7-6-8-18(2)20(17)24-22(28)21(27)23-11-12-25-13-15-26(16-14-25)19-9-4-3-5-10-19/h3-10H,11-16H2,1-2H3,(H,23,27)(H,24,28). The van der Waals surface area contributed by atoms with Gasteiger partial charge in [0.05, 0.1) is 0 Å². The lowest BCUT2D eigenvalue weighted by Gasteiger charge is -2.36. The number of rotatable bonds is 5. The summed E-state index contributed by atoms with van der Waals surface area (Å²) in [6.07, 6.45) is 0. The normalized spacial score (nSPS) is 14.6. The minimum atomic E-state index is -0.619. The van der Waals surface area contributed by atoms with Gasteiger partial charge in [0.2, 0.25) is 0 Å². The molecular formula is C22H28N4O2. The van der Waals surface area contributed by atoms with Gasteiger partial charge in [0, 0.05) is 50.6 Å². The molecule has 0 saturated carbocycles. The summed E-state index contributed by atoms with van der Waals surface area (Å²) in [4.78, 5) is 28.9. The maximum Gasteiger partial charge on any atom is 0.313 e. The lowest BCUT2D eigenvalue weighted by atomic mass is 10.1. The van der Waals surface area contributed by atoms with Gasteiger partial charge in [-0.3, -0.25) is 14.5 Å². The van der Waals surface area contributed by atoms with Crippen LogP contribution < -0.4 is 15.5 Å². The molecule has 6 heteroatoms. The predicted octanol–water partition coefficient (Wildman–Crippen LogP) is 2.18. The number of carbonyl (C=O) groups excluding carboxylic acids is 2. The Morgan fingerprint density at radius 1 is 0.857 bits per heavy atom. The molecule has 1 saturated heterocycles. The van der Waals surface area contributed by atoms with Crippen molar-refractivity contribution in [2.45, 2.75) is 13.8 Å². The van der Waals surface area contributed by atoms with Crippen LogP contribution in [0.2, 0.25) is 0 Å². The topological polar surface area (TPSA) is 64.7 Å². The molecule has 148 valence electrons. The summed E-state index contributed by atoms with van der Waals surface area (Å²) in [7, 11) is 0. The van der Waals surface area contributed by atoms with Crippen molar-refractivity contribution in [2.24, 2.45) is 0 Å². The molecule has 0 bridgehead atoms. The molecule has 2 aromatic carbocycles. The van der Waals surface area contributed by atoms with E-state index in [1.165, 1.54) is 5.69 Å². The lowest BCUT2D eigenvalue weighted by Crippen LogP contribution is -2.49. The predicted molar refractivity (Wildman–Crippen MR) is 113 cm³/mol. The van der Waals surface area contributed by atoms with Gasteiger partial charge in [0.15, 0.2) is 0 Å². The van der Waals surface area contributed by atoms with Gasteiger partial charge in [-0.2, -0.15) is 0 Å². The number of aryl methyl sites for hydroxylation is 2. The second kappa shape index (κ2) is 9.37. The van der Waals surface area contributed by atoms with E-state index in [4.69, 9.17) is 0 Å². The highest BCUT2D eigenvalue weighted by Crippen LogP contribution is 2.19. The maximum absolute atomic E-state index is 12.2. The summed E-state index contributed by atoms with van der Waals surface area (Å²) < 4.78 is 0. The van der Waals surface area contributed by atoms with Crippen molar-refractivity contribution in [3.63, 3.8) is 0 Å². The molecule has 2 N–H and O–H groups in total. The molecule has 0 aromatic heterocycles. The van der Waals surface area contributed by atoms with Crippen molar-refractivity contribution in [3.8, 4) is 0 Å². The number of amides is 2. The molecule has 0 radical (unpaired) electrons. The molecule has 28 heavy (non-hydrogen) atoms. The fraction of sp³-hybridized carbons (Fsp3) is 0.364. The fourth-order valence-electron chi connectivity index (χ4n) is 3.46. The number of carbonyl (C=O) groups is 2. The summed E-state index contributed by atoms with van der Waals surface area (Å²) in [5.41, 5.74) is 3.84. The summed E-state index contributed by atoms with van der Waals surface area (Å²) in [6, 6.07) is 16.2. The first kappa shape index (κ1) is 19.9. The average molecular weight is 380 g/mol. The van der Waals surface area contributed by atoms with Crippen LogP contribution in [0.5, 0.6) is 0 Å². The SMILES string of the molecule is Cc1cccc(C)c1NC(=O)C(=O)NCCN1CCN(c2ccccc2)CC1. The molecule has 2 aromatic rings. The number of hydrogen-bond acceptors (Lipinski definition) is 4. The Hall–Kier alpha value is -2.86. The Kier molecular flexibility index (Phi) is 6.66. The van der Waals surface area contributed by atoms with Gasteiger partial charge in [-0.25, -0.2) is 0 Å². The van der Waals surface area contributed by atoms with Crippen LogP contribution in [0.4, 0.5) is 11.4 Å². The fourth-order valence-corrected chi connectivity index (χ4v) is 3.46. The molecule has 6 nitrogen and oxygen atoms in total. The molecule has 2 amide bonds. The number of para-hydroxylation sites is 2. The van der Waals surface area contributed by atoms with E-state index >= 15 is 0 Å². The van der Waals surface area contributed by atoms with Crippen molar-refractivity contribution in [1.82, 2.24) is 10.2 Å². The lowest BCUT2D eigenvalue weighted by molar-refractivity contribution is -0.136. The molecule has 0 aliphatic carbocycles. The number of anilines is 2. The monoisotopic (exact) mass is 380 g/mol. The molecular weight excluding hydrogens is 352 g/mol. The van der Waals surface area contributed by atoms with Crippen molar-refractivity contribution >= 4 is 23.2 Å². The van der Waals surface area contributed by atoms with Crippen LogP contribution in [-0.2, 0) is 9.59 Å².